The molecule has 1 aliphatic rings. The molecule has 3 heteroatoms. The number of thioether (sulfide) groups is 1. The molecule has 1 aromatic rings. The highest BCUT2D eigenvalue weighted by molar-refractivity contribution is 7.98. The summed E-state index contributed by atoms with van der Waals surface area (Å²) in [5, 5.41) is 3.77. The number of benzene rings is 1. The smallest absolute Gasteiger partial charge is 0.124 e. The van der Waals surface area contributed by atoms with Crippen LogP contribution in [-0.4, -0.2) is 24.7 Å². The first-order valence-electron chi connectivity index (χ1n) is 6.69. The van der Waals surface area contributed by atoms with Crippen LogP contribution in [0.15, 0.2) is 24.3 Å². The molecule has 1 aliphatic heterocycles. The van der Waals surface area contributed by atoms with Crippen molar-refractivity contribution in [1.82, 2.24) is 5.32 Å². The first-order valence-corrected chi connectivity index (χ1v) is 8.08. The third-order valence-electron chi connectivity index (χ3n) is 3.54. The average molecular weight is 265 g/mol. The van der Waals surface area contributed by atoms with Crippen LogP contribution >= 0.6 is 11.8 Å². The van der Waals surface area contributed by atoms with E-state index in [2.05, 4.69) is 43.6 Å². The quantitative estimate of drug-likeness (QED) is 0.880. The van der Waals surface area contributed by atoms with Crippen LogP contribution in [0, 0.1) is 5.92 Å². The maximum atomic E-state index is 5.78. The predicted molar refractivity (Wildman–Crippen MR) is 79.4 cm³/mol. The molecule has 0 aromatic heterocycles. The number of fused-ring (bicyclic) bond motifs is 1. The Morgan fingerprint density at radius 2 is 2.22 bits per heavy atom. The summed E-state index contributed by atoms with van der Waals surface area (Å²) in [6.45, 7) is 5.35. The van der Waals surface area contributed by atoms with Crippen molar-refractivity contribution in [2.75, 3.05) is 18.6 Å². The Labute approximate surface area is 114 Å². The van der Waals surface area contributed by atoms with Gasteiger partial charge >= 0.3 is 0 Å². The van der Waals surface area contributed by atoms with Crippen molar-refractivity contribution in [1.29, 1.82) is 0 Å². The molecule has 2 rings (SSSR count). The van der Waals surface area contributed by atoms with Gasteiger partial charge in [-0.2, -0.15) is 11.8 Å². The van der Waals surface area contributed by atoms with Gasteiger partial charge < -0.3 is 10.1 Å². The highest BCUT2D eigenvalue weighted by atomic mass is 32.2. The molecule has 0 radical (unpaired) electrons. The molecule has 0 fully saturated rings. The number of para-hydroxylation sites is 1. The lowest BCUT2D eigenvalue weighted by atomic mass is 9.91. The van der Waals surface area contributed by atoms with Crippen molar-refractivity contribution in [3.63, 3.8) is 0 Å². The van der Waals surface area contributed by atoms with Crippen molar-refractivity contribution < 1.29 is 4.74 Å². The van der Waals surface area contributed by atoms with Crippen molar-refractivity contribution >= 4 is 11.8 Å². The van der Waals surface area contributed by atoms with Crippen LogP contribution in [0.5, 0.6) is 5.75 Å². The third kappa shape index (κ3) is 3.21. The lowest BCUT2D eigenvalue weighted by Crippen LogP contribution is -2.38. The fourth-order valence-corrected chi connectivity index (χ4v) is 3.02. The molecule has 100 valence electrons. The number of hydrogen-bond acceptors (Lipinski definition) is 3. The summed E-state index contributed by atoms with van der Waals surface area (Å²) in [6.07, 6.45) is 3.38. The van der Waals surface area contributed by atoms with Gasteiger partial charge in [-0.05, 0) is 31.4 Å². The van der Waals surface area contributed by atoms with Gasteiger partial charge in [0.25, 0.3) is 0 Å². The maximum Gasteiger partial charge on any atom is 0.124 e. The molecular formula is C15H23NOS. The number of rotatable bonds is 5. The van der Waals surface area contributed by atoms with Gasteiger partial charge in [-0.25, -0.2) is 0 Å². The normalized spacial score (nSPS) is 24.2. The average Bonchev–Trinajstić information content (AvgIpc) is 2.40. The maximum absolute atomic E-state index is 5.78. The summed E-state index contributed by atoms with van der Waals surface area (Å²) in [4.78, 5) is 0. The standard InChI is InChI=1S/C15H23NOS/c1-11-10-17-14-7-5-4-6-13(14)15(11)16-12(2)8-9-18-3/h4-7,11-12,15-16H,8-10H2,1-3H3. The van der Waals surface area contributed by atoms with Crippen LogP contribution in [0.3, 0.4) is 0 Å². The lowest BCUT2D eigenvalue weighted by Gasteiger charge is -2.34. The number of nitrogens with one attached hydrogen (secondary N) is 1. The highest BCUT2D eigenvalue weighted by Gasteiger charge is 2.28. The fourth-order valence-electron chi connectivity index (χ4n) is 2.43. The molecule has 0 amide bonds. The van der Waals surface area contributed by atoms with E-state index in [9.17, 15) is 0 Å². The molecule has 0 bridgehead atoms. The van der Waals surface area contributed by atoms with E-state index in [0.29, 0.717) is 18.0 Å². The van der Waals surface area contributed by atoms with Crippen LogP contribution in [0.1, 0.15) is 31.9 Å². The van der Waals surface area contributed by atoms with Gasteiger partial charge in [0.15, 0.2) is 0 Å². The summed E-state index contributed by atoms with van der Waals surface area (Å²) in [6, 6.07) is 9.37. The van der Waals surface area contributed by atoms with Gasteiger partial charge in [0.05, 0.1) is 6.61 Å². The van der Waals surface area contributed by atoms with Crippen LogP contribution in [0.2, 0.25) is 0 Å². The molecule has 2 nitrogen and oxygen atoms in total. The van der Waals surface area contributed by atoms with Gasteiger partial charge in [-0.1, -0.05) is 25.1 Å². The van der Waals surface area contributed by atoms with E-state index in [-0.39, 0.29) is 0 Å². The van der Waals surface area contributed by atoms with E-state index in [1.807, 2.05) is 17.8 Å². The Bertz CT molecular complexity index is 383. The minimum absolute atomic E-state index is 0.423. The van der Waals surface area contributed by atoms with Gasteiger partial charge in [0, 0.05) is 23.6 Å². The second-order valence-electron chi connectivity index (χ2n) is 5.15. The van der Waals surface area contributed by atoms with Gasteiger partial charge in [-0.15, -0.1) is 0 Å². The predicted octanol–water partition coefficient (Wildman–Crippen LogP) is 3.49. The van der Waals surface area contributed by atoms with Crippen molar-refractivity contribution in [3.05, 3.63) is 29.8 Å². The topological polar surface area (TPSA) is 21.3 Å². The first-order chi connectivity index (χ1) is 8.72. The molecule has 1 N–H and O–H groups in total. The molecule has 0 saturated heterocycles. The minimum atomic E-state index is 0.423. The Balaban J connectivity index is 2.07. The molecular weight excluding hydrogens is 242 g/mol. The molecule has 18 heavy (non-hydrogen) atoms. The monoisotopic (exact) mass is 265 g/mol. The van der Waals surface area contributed by atoms with Crippen molar-refractivity contribution in [3.8, 4) is 5.75 Å². The zero-order chi connectivity index (χ0) is 13.0. The van der Waals surface area contributed by atoms with Gasteiger partial charge in [0.1, 0.15) is 5.75 Å². The van der Waals surface area contributed by atoms with E-state index in [0.717, 1.165) is 12.4 Å². The largest absolute Gasteiger partial charge is 0.493 e. The molecule has 3 unspecified atom stereocenters. The molecule has 0 spiro atoms. The van der Waals surface area contributed by atoms with Crippen molar-refractivity contribution in [2.45, 2.75) is 32.4 Å². The zero-order valence-corrected chi connectivity index (χ0v) is 12.3. The zero-order valence-electron chi connectivity index (χ0n) is 11.5. The van der Waals surface area contributed by atoms with Crippen LogP contribution in [0.25, 0.3) is 0 Å². The number of hydrogen-bond donors (Lipinski definition) is 1. The highest BCUT2D eigenvalue weighted by Crippen LogP contribution is 2.35. The van der Waals surface area contributed by atoms with Crippen LogP contribution in [-0.2, 0) is 0 Å². The summed E-state index contributed by atoms with van der Waals surface area (Å²) in [5.41, 5.74) is 1.31. The molecule has 1 aromatic carbocycles. The molecule has 3 atom stereocenters. The Morgan fingerprint density at radius 1 is 1.44 bits per heavy atom. The fraction of sp³-hybridized carbons (Fsp3) is 0.600. The van der Waals surface area contributed by atoms with E-state index in [1.165, 1.54) is 17.7 Å². The summed E-state index contributed by atoms with van der Waals surface area (Å²) in [5.74, 6) is 2.79. The second-order valence-corrected chi connectivity index (χ2v) is 6.14. The summed E-state index contributed by atoms with van der Waals surface area (Å²) >= 11 is 1.91. The van der Waals surface area contributed by atoms with Crippen LogP contribution in [0.4, 0.5) is 0 Å². The SMILES string of the molecule is CSCCC(C)NC1c2ccccc2OCC1C. The van der Waals surface area contributed by atoms with E-state index in [1.54, 1.807) is 0 Å². The summed E-state index contributed by atoms with van der Waals surface area (Å²) < 4.78 is 5.78. The molecule has 0 saturated carbocycles. The third-order valence-corrected chi connectivity index (χ3v) is 4.19. The van der Waals surface area contributed by atoms with E-state index < -0.39 is 0 Å². The Kier molecular flexibility index (Phi) is 4.95. The second kappa shape index (κ2) is 6.48. The van der Waals surface area contributed by atoms with Crippen LogP contribution < -0.4 is 10.1 Å². The van der Waals surface area contributed by atoms with Gasteiger partial charge in [-0.3, -0.25) is 0 Å². The summed E-state index contributed by atoms with van der Waals surface area (Å²) in [7, 11) is 0. The number of ether oxygens (including phenoxy) is 1. The Hall–Kier alpha value is -0.670. The molecule has 1 heterocycles. The van der Waals surface area contributed by atoms with E-state index in [4.69, 9.17) is 4.74 Å². The Morgan fingerprint density at radius 3 is 3.00 bits per heavy atom. The van der Waals surface area contributed by atoms with E-state index >= 15 is 0 Å². The lowest BCUT2D eigenvalue weighted by molar-refractivity contribution is 0.181. The minimum Gasteiger partial charge on any atom is -0.493 e. The first kappa shape index (κ1) is 13.8. The molecule has 0 aliphatic carbocycles. The van der Waals surface area contributed by atoms with Gasteiger partial charge in [0.2, 0.25) is 0 Å². The van der Waals surface area contributed by atoms with Crippen molar-refractivity contribution in [2.24, 2.45) is 5.92 Å².